The maximum Gasteiger partial charge on any atom is 0.359 e. The molecule has 0 aliphatic carbocycles. The molecule has 2 unspecified atom stereocenters. The second-order valence-corrected chi connectivity index (χ2v) is 10.8. The van der Waals surface area contributed by atoms with Crippen LogP contribution in [0.1, 0.15) is 58.6 Å². The molecule has 1 aliphatic heterocycles. The summed E-state index contributed by atoms with van der Waals surface area (Å²) in [4.78, 5) is 34.7. The number of aliphatic hydroxyl groups excluding tert-OH is 2. The van der Waals surface area contributed by atoms with Gasteiger partial charge in [0, 0.05) is 26.7 Å². The second-order valence-electron chi connectivity index (χ2n) is 8.61. The highest BCUT2D eigenvalue weighted by Crippen LogP contribution is 2.59. The van der Waals surface area contributed by atoms with Crippen molar-refractivity contribution in [3.8, 4) is 0 Å². The number of hydrogen-bond donors (Lipinski definition) is 4. The first kappa shape index (κ1) is 25.9. The smallest absolute Gasteiger partial charge is 0.359 e. The van der Waals surface area contributed by atoms with Crippen LogP contribution in [0.3, 0.4) is 0 Å². The SMILES string of the molecule is CCC(C)(O)P(=O)(O)O[C@](C)(CC)C[C@H]1O[C@@H](c2cn(C)c(=O)n(C)c2=O)[C@H](O)[C@@H]1O. The zero-order valence-corrected chi connectivity index (χ0v) is 19.6. The third-order valence-corrected chi connectivity index (χ3v) is 8.37. The largest absolute Gasteiger partial charge is 0.388 e. The Morgan fingerprint density at radius 3 is 2.26 bits per heavy atom. The summed E-state index contributed by atoms with van der Waals surface area (Å²) < 4.78 is 25.9. The number of rotatable bonds is 8. The second kappa shape index (κ2) is 8.90. The third kappa shape index (κ3) is 4.88. The lowest BCUT2D eigenvalue weighted by Crippen LogP contribution is -2.41. The van der Waals surface area contributed by atoms with Crippen molar-refractivity contribution in [1.29, 1.82) is 0 Å². The van der Waals surface area contributed by atoms with Crippen LogP contribution in [0.15, 0.2) is 15.8 Å². The van der Waals surface area contributed by atoms with Gasteiger partial charge >= 0.3 is 13.3 Å². The molecule has 0 saturated carbocycles. The van der Waals surface area contributed by atoms with Crippen molar-refractivity contribution < 1.29 is 34.0 Å². The van der Waals surface area contributed by atoms with Gasteiger partial charge in [0.25, 0.3) is 5.56 Å². The first-order chi connectivity index (χ1) is 14.1. The highest BCUT2D eigenvalue weighted by molar-refractivity contribution is 7.54. The molecule has 2 rings (SSSR count). The van der Waals surface area contributed by atoms with Crippen molar-refractivity contribution in [2.45, 2.75) is 82.3 Å². The van der Waals surface area contributed by atoms with Crippen LogP contribution in [0, 0.1) is 0 Å². The van der Waals surface area contributed by atoms with Gasteiger partial charge in [0.1, 0.15) is 18.3 Å². The minimum atomic E-state index is -4.46. The van der Waals surface area contributed by atoms with E-state index in [0.717, 1.165) is 4.57 Å². The summed E-state index contributed by atoms with van der Waals surface area (Å²) in [6.45, 7) is 6.01. The van der Waals surface area contributed by atoms with Gasteiger partial charge in [-0.2, -0.15) is 0 Å². The number of hydrogen-bond acceptors (Lipinski definition) is 8. The summed E-state index contributed by atoms with van der Waals surface area (Å²) in [5.41, 5.74) is -2.49. The summed E-state index contributed by atoms with van der Waals surface area (Å²) in [5.74, 6) is 0. The maximum atomic E-state index is 12.7. The average molecular weight is 464 g/mol. The molecule has 7 atom stereocenters. The Labute approximate surface area is 180 Å². The van der Waals surface area contributed by atoms with Gasteiger partial charge in [-0.15, -0.1) is 0 Å². The van der Waals surface area contributed by atoms with Crippen molar-refractivity contribution in [3.63, 3.8) is 0 Å². The fourth-order valence-electron chi connectivity index (χ4n) is 3.47. The van der Waals surface area contributed by atoms with E-state index >= 15 is 0 Å². The lowest BCUT2D eigenvalue weighted by Gasteiger charge is -2.37. The van der Waals surface area contributed by atoms with Gasteiger partial charge in [0.05, 0.1) is 17.3 Å². The quantitative estimate of drug-likeness (QED) is 0.392. The topological polar surface area (TPSA) is 160 Å². The van der Waals surface area contributed by atoms with E-state index in [4.69, 9.17) is 9.26 Å². The molecule has 31 heavy (non-hydrogen) atoms. The molecule has 0 spiro atoms. The molecular weight excluding hydrogens is 431 g/mol. The van der Waals surface area contributed by atoms with Gasteiger partial charge < -0.3 is 34.0 Å². The molecule has 178 valence electrons. The van der Waals surface area contributed by atoms with Crippen LogP contribution in [-0.4, -0.2) is 58.6 Å². The van der Waals surface area contributed by atoms with Crippen molar-refractivity contribution in [3.05, 3.63) is 32.6 Å². The first-order valence-electron chi connectivity index (χ1n) is 10.1. The van der Waals surface area contributed by atoms with Gasteiger partial charge in [0.15, 0.2) is 5.34 Å². The Hall–Kier alpha value is -1.33. The Morgan fingerprint density at radius 1 is 1.16 bits per heavy atom. The molecule has 0 aromatic carbocycles. The van der Waals surface area contributed by atoms with Crippen molar-refractivity contribution >= 4 is 7.60 Å². The number of aryl methyl sites for hydroxylation is 1. The highest BCUT2D eigenvalue weighted by atomic mass is 31.2. The molecule has 1 aliphatic rings. The molecule has 2 heterocycles. The van der Waals surface area contributed by atoms with Crippen molar-refractivity contribution in [2.75, 3.05) is 0 Å². The molecule has 1 aromatic heterocycles. The molecule has 12 heteroatoms. The Kier molecular flexibility index (Phi) is 7.44. The molecule has 0 bridgehead atoms. The highest BCUT2D eigenvalue weighted by Gasteiger charge is 2.51. The lowest BCUT2D eigenvalue weighted by atomic mass is 9.92. The molecule has 1 saturated heterocycles. The van der Waals surface area contributed by atoms with Crippen molar-refractivity contribution in [2.24, 2.45) is 14.1 Å². The zero-order chi connectivity index (χ0) is 23.9. The van der Waals surface area contributed by atoms with E-state index in [0.29, 0.717) is 0 Å². The van der Waals surface area contributed by atoms with Crippen LogP contribution in [-0.2, 0) is 27.9 Å². The monoisotopic (exact) mass is 464 g/mol. The molecule has 0 amide bonds. The van der Waals surface area contributed by atoms with Gasteiger partial charge in [-0.05, 0) is 26.7 Å². The zero-order valence-electron chi connectivity index (χ0n) is 18.7. The summed E-state index contributed by atoms with van der Waals surface area (Å²) in [6, 6.07) is 0. The van der Waals surface area contributed by atoms with Crippen LogP contribution < -0.4 is 11.2 Å². The summed E-state index contributed by atoms with van der Waals surface area (Å²) in [7, 11) is -1.72. The predicted octanol–water partition coefficient (Wildman–Crippen LogP) is 0.125. The number of ether oxygens (including phenoxy) is 1. The van der Waals surface area contributed by atoms with Crippen LogP contribution in [0.25, 0.3) is 0 Å². The van der Waals surface area contributed by atoms with Gasteiger partial charge in [0.2, 0.25) is 0 Å². The Morgan fingerprint density at radius 2 is 1.74 bits per heavy atom. The van der Waals surface area contributed by atoms with Crippen molar-refractivity contribution in [1.82, 2.24) is 9.13 Å². The van der Waals surface area contributed by atoms with E-state index in [9.17, 15) is 34.4 Å². The van der Waals surface area contributed by atoms with Gasteiger partial charge in [-0.3, -0.25) is 13.9 Å². The third-order valence-electron chi connectivity index (χ3n) is 6.15. The first-order valence-corrected chi connectivity index (χ1v) is 11.7. The summed E-state index contributed by atoms with van der Waals surface area (Å²) in [6.07, 6.45) is -3.71. The van der Waals surface area contributed by atoms with E-state index in [1.54, 1.807) is 20.8 Å². The van der Waals surface area contributed by atoms with E-state index in [1.807, 2.05) is 0 Å². The van der Waals surface area contributed by atoms with E-state index < -0.39 is 54.2 Å². The molecule has 1 aromatic rings. The van der Waals surface area contributed by atoms with Crippen LogP contribution >= 0.6 is 7.60 Å². The van der Waals surface area contributed by atoms with Crippen LogP contribution in [0.5, 0.6) is 0 Å². The normalized spacial score (nSPS) is 29.9. The van der Waals surface area contributed by atoms with Gasteiger partial charge in [-0.25, -0.2) is 4.79 Å². The molecule has 1 fully saturated rings. The fraction of sp³-hybridized carbons (Fsp3) is 0.789. The Balaban J connectivity index is 2.32. The number of nitrogens with zero attached hydrogens (tertiary/aromatic N) is 2. The fourth-order valence-corrected chi connectivity index (χ4v) is 4.87. The molecule has 11 nitrogen and oxygen atoms in total. The van der Waals surface area contributed by atoms with Crippen LogP contribution in [0.4, 0.5) is 0 Å². The van der Waals surface area contributed by atoms with E-state index in [2.05, 4.69) is 0 Å². The predicted molar refractivity (Wildman–Crippen MR) is 112 cm³/mol. The minimum absolute atomic E-state index is 0.000448. The van der Waals surface area contributed by atoms with Gasteiger partial charge in [-0.1, -0.05) is 13.8 Å². The molecule has 4 N–H and O–H groups in total. The number of aliphatic hydroxyl groups is 3. The molecule has 0 radical (unpaired) electrons. The van der Waals surface area contributed by atoms with E-state index in [-0.39, 0.29) is 24.8 Å². The number of aromatic nitrogens is 2. The average Bonchev–Trinajstić information content (AvgIpc) is 2.96. The summed E-state index contributed by atoms with van der Waals surface area (Å²) >= 11 is 0. The maximum absolute atomic E-state index is 12.7. The summed E-state index contributed by atoms with van der Waals surface area (Å²) in [5, 5.41) is 29.4. The standard InChI is InChI=1S/C19H33N2O9P/c1-7-18(3,30-31(27,28)19(4,26)8-2)9-12-13(22)14(23)15(29-12)11-10-20(5)17(25)21(6)16(11)24/h10,12-15,22-23,26H,7-9H2,1-6H3,(H,27,28)/t12-,13-,14-,15+,18-,19?/m1/s1. The lowest BCUT2D eigenvalue weighted by molar-refractivity contribution is -0.0534. The van der Waals surface area contributed by atoms with Crippen LogP contribution in [0.2, 0.25) is 0 Å². The molecular formula is C19H33N2O9P. The van der Waals surface area contributed by atoms with E-state index in [1.165, 1.54) is 31.8 Å². The minimum Gasteiger partial charge on any atom is -0.388 e. The Bertz CT molecular complexity index is 972.